The molecule has 2 heterocycles. The zero-order chi connectivity index (χ0) is 21.8. The van der Waals surface area contributed by atoms with Gasteiger partial charge in [0.05, 0.1) is 17.5 Å². The monoisotopic (exact) mass is 436 g/mol. The lowest BCUT2D eigenvalue weighted by molar-refractivity contribution is 0.122. The Hall–Kier alpha value is -3.17. The molecule has 4 aromatic rings. The van der Waals surface area contributed by atoms with Crippen molar-refractivity contribution < 1.29 is 4.74 Å². The van der Waals surface area contributed by atoms with E-state index in [9.17, 15) is 4.79 Å². The Morgan fingerprint density at radius 1 is 1.06 bits per heavy atom. The van der Waals surface area contributed by atoms with Gasteiger partial charge in [-0.1, -0.05) is 60.3 Å². The van der Waals surface area contributed by atoms with Gasteiger partial charge in [-0.15, -0.1) is 5.10 Å². The number of benzene rings is 2. The van der Waals surface area contributed by atoms with Crippen LogP contribution in [0.3, 0.4) is 0 Å². The maximum Gasteiger partial charge on any atom is 0.297 e. The number of hydrogen-bond donors (Lipinski definition) is 0. The molecule has 0 aliphatic heterocycles. The van der Waals surface area contributed by atoms with Gasteiger partial charge in [-0.3, -0.25) is 9.48 Å². The van der Waals surface area contributed by atoms with Crippen LogP contribution in [0.2, 0.25) is 0 Å². The zero-order valence-electron chi connectivity index (χ0n) is 17.7. The van der Waals surface area contributed by atoms with Gasteiger partial charge >= 0.3 is 0 Å². The fraction of sp³-hybridized carbons (Fsp3) is 0.273. The van der Waals surface area contributed by atoms with Crippen LogP contribution in [0.15, 0.2) is 70.6 Å². The molecule has 0 bridgehead atoms. The Morgan fingerprint density at radius 3 is 2.42 bits per heavy atom. The summed E-state index contributed by atoms with van der Waals surface area (Å²) in [6.45, 7) is 1.89. The van der Waals surface area contributed by atoms with Crippen LogP contribution in [0, 0.1) is 6.92 Å². The second-order valence-electron chi connectivity index (χ2n) is 7.14. The molecular weight excluding hydrogens is 412 g/mol. The molecular formula is C22H24N6O2S. The van der Waals surface area contributed by atoms with E-state index in [0.29, 0.717) is 16.6 Å². The number of hydrogen-bond acceptors (Lipinski definition) is 6. The first-order valence-electron chi connectivity index (χ1n) is 9.92. The second-order valence-corrected chi connectivity index (χ2v) is 8.13. The molecule has 0 N–H and O–H groups in total. The highest BCUT2D eigenvalue weighted by atomic mass is 32.2. The molecule has 2 aromatic heterocycles. The summed E-state index contributed by atoms with van der Waals surface area (Å²) in [4.78, 5) is 13.3. The maximum atomic E-state index is 13.3. The summed E-state index contributed by atoms with van der Waals surface area (Å²) < 4.78 is 10.6. The lowest BCUT2D eigenvalue weighted by Gasteiger charge is -2.14. The van der Waals surface area contributed by atoms with Crippen molar-refractivity contribution >= 4 is 11.8 Å². The molecule has 2 aromatic carbocycles. The zero-order valence-corrected chi connectivity index (χ0v) is 18.5. The molecule has 0 saturated carbocycles. The third kappa shape index (κ3) is 4.33. The molecule has 31 heavy (non-hydrogen) atoms. The first kappa shape index (κ1) is 21.1. The highest BCUT2D eigenvalue weighted by molar-refractivity contribution is 7.99. The number of rotatable bonds is 8. The normalized spacial score (nSPS) is 12.2. The van der Waals surface area contributed by atoms with E-state index in [1.807, 2.05) is 67.2 Å². The molecule has 4 rings (SSSR count). The minimum atomic E-state index is -0.173. The predicted octanol–water partition coefficient (Wildman–Crippen LogP) is 2.81. The highest BCUT2D eigenvalue weighted by Gasteiger charge is 2.22. The van der Waals surface area contributed by atoms with E-state index in [0.717, 1.165) is 17.8 Å². The molecule has 0 aliphatic carbocycles. The minimum absolute atomic E-state index is 0.00426. The summed E-state index contributed by atoms with van der Waals surface area (Å²) >= 11 is 1.47. The van der Waals surface area contributed by atoms with Gasteiger partial charge in [0.25, 0.3) is 5.56 Å². The van der Waals surface area contributed by atoms with Crippen molar-refractivity contribution in [2.45, 2.75) is 24.6 Å². The van der Waals surface area contributed by atoms with Gasteiger partial charge in [-0.2, -0.15) is 4.68 Å². The highest BCUT2D eigenvalue weighted by Crippen LogP contribution is 2.22. The fourth-order valence-corrected chi connectivity index (χ4v) is 4.40. The molecule has 1 atom stereocenters. The SMILES string of the molecule is COC(CSc1nnnn1-c1c(C)n(C)n(-c2ccccc2)c1=O)Cc1ccccc1. The number of nitrogens with zero attached hydrogens (tertiary/aromatic N) is 6. The van der Waals surface area contributed by atoms with Gasteiger partial charge < -0.3 is 4.74 Å². The van der Waals surface area contributed by atoms with Crippen molar-refractivity contribution in [1.29, 1.82) is 0 Å². The van der Waals surface area contributed by atoms with Crippen LogP contribution in [-0.2, 0) is 18.2 Å². The van der Waals surface area contributed by atoms with Crippen LogP contribution in [0.25, 0.3) is 11.4 Å². The number of ether oxygens (including phenoxy) is 1. The van der Waals surface area contributed by atoms with Gasteiger partial charge in [0, 0.05) is 19.9 Å². The largest absolute Gasteiger partial charge is 0.380 e. The average molecular weight is 437 g/mol. The van der Waals surface area contributed by atoms with Gasteiger partial charge in [-0.25, -0.2) is 4.68 Å². The number of aromatic nitrogens is 6. The third-order valence-corrected chi connectivity index (χ3v) is 6.27. The molecule has 0 amide bonds. The Kier molecular flexibility index (Phi) is 6.34. The number of thioether (sulfide) groups is 1. The summed E-state index contributed by atoms with van der Waals surface area (Å²) in [6, 6.07) is 19.7. The van der Waals surface area contributed by atoms with Crippen molar-refractivity contribution in [2.75, 3.05) is 12.9 Å². The van der Waals surface area contributed by atoms with E-state index in [1.54, 1.807) is 11.8 Å². The molecule has 0 fully saturated rings. The van der Waals surface area contributed by atoms with E-state index < -0.39 is 0 Å². The molecule has 160 valence electrons. The van der Waals surface area contributed by atoms with Crippen molar-refractivity contribution in [3.8, 4) is 11.4 Å². The van der Waals surface area contributed by atoms with E-state index in [4.69, 9.17) is 4.74 Å². The van der Waals surface area contributed by atoms with Crippen LogP contribution in [0.4, 0.5) is 0 Å². The van der Waals surface area contributed by atoms with Crippen LogP contribution < -0.4 is 5.56 Å². The quantitative estimate of drug-likeness (QED) is 0.395. The van der Waals surface area contributed by atoms with E-state index in [2.05, 4.69) is 27.7 Å². The summed E-state index contributed by atoms with van der Waals surface area (Å²) in [6.07, 6.45) is 0.785. The number of methoxy groups -OCH3 is 1. The molecule has 8 nitrogen and oxygen atoms in total. The van der Waals surface area contributed by atoms with Crippen molar-refractivity contribution in [1.82, 2.24) is 29.6 Å². The summed E-state index contributed by atoms with van der Waals surface area (Å²) in [5.74, 6) is 0.657. The smallest absolute Gasteiger partial charge is 0.297 e. The first-order valence-corrected chi connectivity index (χ1v) is 10.9. The summed E-state index contributed by atoms with van der Waals surface area (Å²) in [7, 11) is 3.56. The van der Waals surface area contributed by atoms with Crippen LogP contribution >= 0.6 is 11.8 Å². The Balaban J connectivity index is 1.60. The van der Waals surface area contributed by atoms with Crippen LogP contribution in [0.5, 0.6) is 0 Å². The Labute approximate surface area is 184 Å². The molecule has 0 radical (unpaired) electrons. The molecule has 0 aliphatic rings. The topological polar surface area (TPSA) is 79.8 Å². The van der Waals surface area contributed by atoms with E-state index >= 15 is 0 Å². The van der Waals surface area contributed by atoms with Crippen LogP contribution in [0.1, 0.15) is 11.3 Å². The fourth-order valence-electron chi connectivity index (χ4n) is 3.46. The molecule has 0 saturated heterocycles. The predicted molar refractivity (Wildman–Crippen MR) is 120 cm³/mol. The summed E-state index contributed by atoms with van der Waals surface area (Å²) in [5, 5.41) is 12.6. The first-order chi connectivity index (χ1) is 15.1. The van der Waals surface area contributed by atoms with Gasteiger partial charge in [0.15, 0.2) is 5.69 Å². The second kappa shape index (κ2) is 9.32. The number of tetrazole rings is 1. The lowest BCUT2D eigenvalue weighted by Crippen LogP contribution is -2.22. The maximum absolute atomic E-state index is 13.3. The van der Waals surface area contributed by atoms with Crippen molar-refractivity contribution in [3.05, 3.63) is 82.3 Å². The third-order valence-electron chi connectivity index (χ3n) is 5.21. The minimum Gasteiger partial charge on any atom is -0.380 e. The number of para-hydroxylation sites is 1. The molecule has 0 spiro atoms. The van der Waals surface area contributed by atoms with Crippen molar-refractivity contribution in [3.63, 3.8) is 0 Å². The Morgan fingerprint density at radius 2 is 1.74 bits per heavy atom. The lowest BCUT2D eigenvalue weighted by atomic mass is 10.1. The van der Waals surface area contributed by atoms with E-state index in [-0.39, 0.29) is 11.7 Å². The summed E-state index contributed by atoms with van der Waals surface area (Å²) in [5.41, 5.74) is 3.03. The van der Waals surface area contributed by atoms with Crippen molar-refractivity contribution in [2.24, 2.45) is 7.05 Å². The average Bonchev–Trinajstić information content (AvgIpc) is 3.34. The standard InChI is InChI=1S/C22H24N6O2S/c1-16-20(21(29)28(26(16)2)18-12-8-5-9-13-18)27-22(23-24-25-27)31-15-19(30-3)14-17-10-6-4-7-11-17/h4-13,19H,14-15H2,1-3H3. The van der Waals surface area contributed by atoms with Crippen LogP contribution in [-0.4, -0.2) is 48.5 Å². The van der Waals surface area contributed by atoms with Gasteiger partial charge in [-0.05, 0) is 41.5 Å². The van der Waals surface area contributed by atoms with Gasteiger partial charge in [0.2, 0.25) is 5.16 Å². The van der Waals surface area contributed by atoms with Gasteiger partial charge in [0.1, 0.15) is 0 Å². The van der Waals surface area contributed by atoms with E-state index in [1.165, 1.54) is 22.0 Å². The Bertz CT molecular complexity index is 1200. The molecule has 1 unspecified atom stereocenters. The molecule has 9 heteroatoms.